The number of hydrogen-bond acceptors (Lipinski definition) is 6. The quantitative estimate of drug-likeness (QED) is 0.574. The Morgan fingerprint density at radius 3 is 2.79 bits per heavy atom. The van der Waals surface area contributed by atoms with Gasteiger partial charge in [-0.2, -0.15) is 0 Å². The van der Waals surface area contributed by atoms with Crippen LogP contribution in [0.3, 0.4) is 0 Å². The van der Waals surface area contributed by atoms with Crippen molar-refractivity contribution < 1.29 is 24.5 Å². The van der Waals surface area contributed by atoms with Crippen molar-refractivity contribution in [3.05, 3.63) is 52.6 Å². The van der Waals surface area contributed by atoms with Crippen LogP contribution in [-0.4, -0.2) is 33.6 Å². The van der Waals surface area contributed by atoms with E-state index in [0.717, 1.165) is 6.07 Å². The Labute approximate surface area is 137 Å². The molecule has 6 nitrogen and oxygen atoms in total. The maximum Gasteiger partial charge on any atom is 0.347 e. The molecule has 24 heavy (non-hydrogen) atoms. The van der Waals surface area contributed by atoms with Gasteiger partial charge in [-0.15, -0.1) is 0 Å². The zero-order valence-corrected chi connectivity index (χ0v) is 13.0. The largest absolute Gasteiger partial charge is 0.508 e. The molecule has 2 aromatic rings. The fourth-order valence-electron chi connectivity index (χ4n) is 2.57. The van der Waals surface area contributed by atoms with Gasteiger partial charge >= 0.3 is 5.63 Å². The predicted octanol–water partition coefficient (Wildman–Crippen LogP) is 2.31. The van der Waals surface area contributed by atoms with Gasteiger partial charge in [-0.05, 0) is 25.1 Å². The molecule has 6 heteroatoms. The molecule has 0 saturated carbocycles. The summed E-state index contributed by atoms with van der Waals surface area (Å²) >= 11 is 0. The summed E-state index contributed by atoms with van der Waals surface area (Å²) in [4.78, 5) is 11.9. The van der Waals surface area contributed by atoms with Crippen molar-refractivity contribution in [1.82, 2.24) is 0 Å². The number of aromatic hydroxyl groups is 2. The highest BCUT2D eigenvalue weighted by atomic mass is 16.6. The summed E-state index contributed by atoms with van der Waals surface area (Å²) in [6.07, 6.45) is 7.21. The maximum absolute atomic E-state index is 11.9. The van der Waals surface area contributed by atoms with Crippen LogP contribution in [0.4, 0.5) is 0 Å². The van der Waals surface area contributed by atoms with E-state index in [1.165, 1.54) is 6.07 Å². The molecule has 3 N–H and O–H groups in total. The van der Waals surface area contributed by atoms with Crippen LogP contribution in [-0.2, 0) is 4.74 Å². The van der Waals surface area contributed by atoms with Gasteiger partial charge in [0.1, 0.15) is 28.7 Å². The number of aliphatic hydroxyl groups is 1. The fraction of sp³-hybridized carbons (Fsp3) is 0.278. The molecular formula is C18H18O6. The number of phenols is 2. The van der Waals surface area contributed by atoms with Gasteiger partial charge in [-0.25, -0.2) is 4.79 Å². The third kappa shape index (κ3) is 3.67. The van der Waals surface area contributed by atoms with Crippen molar-refractivity contribution >= 4 is 16.8 Å². The Morgan fingerprint density at radius 2 is 2.04 bits per heavy atom. The summed E-state index contributed by atoms with van der Waals surface area (Å²) < 4.78 is 10.5. The Morgan fingerprint density at radius 1 is 1.25 bits per heavy atom. The first-order valence-corrected chi connectivity index (χ1v) is 7.62. The highest BCUT2D eigenvalue weighted by Crippen LogP contribution is 2.29. The highest BCUT2D eigenvalue weighted by molar-refractivity contribution is 5.89. The molecule has 1 aliphatic heterocycles. The summed E-state index contributed by atoms with van der Waals surface area (Å²) in [5.41, 5.74) is -0.670. The van der Waals surface area contributed by atoms with E-state index in [9.17, 15) is 20.1 Å². The van der Waals surface area contributed by atoms with Crippen LogP contribution in [0.2, 0.25) is 0 Å². The van der Waals surface area contributed by atoms with E-state index in [4.69, 9.17) is 9.15 Å². The molecule has 1 fully saturated rings. The molecule has 1 aromatic carbocycles. The SMILES string of the molecule is C[C@@H](O)C[C@H]1O[C@@H]1/C=C\C=C\c1cc2cc(O)cc(O)c2c(=O)o1. The van der Waals surface area contributed by atoms with Crippen molar-refractivity contribution in [2.45, 2.75) is 31.7 Å². The molecule has 126 valence electrons. The standard InChI is InChI=1S/C18H18O6/c1-10(19)6-16-15(24-16)5-3-2-4-13-8-11-7-12(20)9-14(21)17(11)18(22)23-13/h2-5,7-10,15-16,19-21H,6H2,1H3/b4-2+,5-3-/t10-,15-,16-/m1/s1. The zero-order chi connectivity index (χ0) is 17.3. The van der Waals surface area contributed by atoms with Crippen molar-refractivity contribution in [2.24, 2.45) is 0 Å². The third-order valence-electron chi connectivity index (χ3n) is 3.71. The number of hydrogen-bond donors (Lipinski definition) is 3. The topological polar surface area (TPSA) is 103 Å². The van der Waals surface area contributed by atoms with Crippen molar-refractivity contribution in [3.8, 4) is 11.5 Å². The summed E-state index contributed by atoms with van der Waals surface area (Å²) in [5, 5.41) is 28.9. The van der Waals surface area contributed by atoms with E-state index in [0.29, 0.717) is 17.6 Å². The van der Waals surface area contributed by atoms with E-state index in [2.05, 4.69) is 0 Å². The minimum atomic E-state index is -0.670. The summed E-state index contributed by atoms with van der Waals surface area (Å²) in [5.74, 6) is -0.140. The van der Waals surface area contributed by atoms with Crippen molar-refractivity contribution in [2.75, 3.05) is 0 Å². The second-order valence-corrected chi connectivity index (χ2v) is 5.83. The Hall–Kier alpha value is -2.57. The van der Waals surface area contributed by atoms with Crippen molar-refractivity contribution in [3.63, 3.8) is 0 Å². The van der Waals surface area contributed by atoms with E-state index >= 15 is 0 Å². The monoisotopic (exact) mass is 330 g/mol. The van der Waals surface area contributed by atoms with E-state index in [-0.39, 0.29) is 35.2 Å². The van der Waals surface area contributed by atoms with Crippen molar-refractivity contribution in [1.29, 1.82) is 0 Å². The van der Waals surface area contributed by atoms with E-state index < -0.39 is 5.63 Å². The number of rotatable bonds is 5. The molecule has 3 rings (SSSR count). The molecule has 0 spiro atoms. The molecule has 0 radical (unpaired) electrons. The minimum absolute atomic E-state index is 0.00163. The van der Waals surface area contributed by atoms with Crippen LogP contribution >= 0.6 is 0 Å². The molecular weight excluding hydrogens is 312 g/mol. The van der Waals surface area contributed by atoms with Gasteiger partial charge in [0.05, 0.1) is 12.2 Å². The number of benzene rings is 1. The Balaban J connectivity index is 1.73. The Kier molecular flexibility index (Phi) is 4.42. The first kappa shape index (κ1) is 16.3. The van der Waals surface area contributed by atoms with Gasteiger partial charge in [0.25, 0.3) is 0 Å². The fourth-order valence-corrected chi connectivity index (χ4v) is 2.57. The lowest BCUT2D eigenvalue weighted by molar-refractivity contribution is 0.170. The number of ether oxygens (including phenoxy) is 1. The van der Waals surface area contributed by atoms with Crippen LogP contribution in [0.15, 0.2) is 45.6 Å². The van der Waals surface area contributed by atoms with Crippen LogP contribution < -0.4 is 5.63 Å². The smallest absolute Gasteiger partial charge is 0.347 e. The van der Waals surface area contributed by atoms with Gasteiger partial charge in [-0.3, -0.25) is 0 Å². The summed E-state index contributed by atoms with van der Waals surface area (Å²) in [7, 11) is 0. The molecule has 0 unspecified atom stereocenters. The van der Waals surface area contributed by atoms with E-state index in [1.54, 1.807) is 31.2 Å². The first-order valence-electron chi connectivity index (χ1n) is 7.62. The summed E-state index contributed by atoms with van der Waals surface area (Å²) in [6.45, 7) is 1.72. The number of fused-ring (bicyclic) bond motifs is 1. The Bertz CT molecular complexity index is 862. The number of allylic oxidation sites excluding steroid dienone is 2. The average Bonchev–Trinajstić information content (AvgIpc) is 3.19. The third-order valence-corrected chi connectivity index (χ3v) is 3.71. The van der Waals surface area contributed by atoms with Gasteiger partial charge in [-0.1, -0.05) is 18.2 Å². The number of aliphatic hydroxyl groups excluding tert-OH is 1. The van der Waals surface area contributed by atoms with Gasteiger partial charge in [0, 0.05) is 17.9 Å². The first-order chi connectivity index (χ1) is 11.4. The lowest BCUT2D eigenvalue weighted by Crippen LogP contribution is -2.05. The van der Waals surface area contributed by atoms with E-state index in [1.807, 2.05) is 6.08 Å². The molecule has 0 aliphatic carbocycles. The molecule has 2 heterocycles. The van der Waals surface area contributed by atoms with Crippen LogP contribution in [0.5, 0.6) is 11.5 Å². The molecule has 3 atom stereocenters. The minimum Gasteiger partial charge on any atom is -0.508 e. The normalized spacial score (nSPS) is 21.8. The van der Waals surface area contributed by atoms with Gasteiger partial charge in [0.2, 0.25) is 0 Å². The average molecular weight is 330 g/mol. The molecule has 1 aliphatic rings. The lowest BCUT2D eigenvalue weighted by Gasteiger charge is -2.01. The summed E-state index contributed by atoms with van der Waals surface area (Å²) in [6, 6.07) is 4.04. The molecule has 1 saturated heterocycles. The lowest BCUT2D eigenvalue weighted by atomic mass is 10.1. The predicted molar refractivity (Wildman–Crippen MR) is 88.9 cm³/mol. The van der Waals surface area contributed by atoms with Gasteiger partial charge < -0.3 is 24.5 Å². The number of epoxide rings is 1. The second-order valence-electron chi connectivity index (χ2n) is 5.83. The molecule has 1 aromatic heterocycles. The van der Waals surface area contributed by atoms with Crippen LogP contribution in [0, 0.1) is 0 Å². The maximum atomic E-state index is 11.9. The molecule has 0 amide bonds. The van der Waals surface area contributed by atoms with Crippen LogP contribution in [0.1, 0.15) is 19.1 Å². The second kappa shape index (κ2) is 6.51. The van der Waals surface area contributed by atoms with Gasteiger partial charge in [0.15, 0.2) is 0 Å². The van der Waals surface area contributed by atoms with Crippen LogP contribution in [0.25, 0.3) is 16.8 Å². The zero-order valence-electron chi connectivity index (χ0n) is 13.0. The number of phenolic OH excluding ortho intramolecular Hbond substituents is 2. The highest BCUT2D eigenvalue weighted by Gasteiger charge is 2.36. The molecule has 0 bridgehead atoms.